The fraction of sp³-hybridized carbons (Fsp3) is 0.261. The molecule has 0 saturated heterocycles. The lowest BCUT2D eigenvalue weighted by molar-refractivity contribution is 0.0952. The van der Waals surface area contributed by atoms with Gasteiger partial charge in [-0.2, -0.15) is 0 Å². The van der Waals surface area contributed by atoms with E-state index in [4.69, 9.17) is 0 Å². The van der Waals surface area contributed by atoms with Crippen LogP contribution in [0.15, 0.2) is 65.7 Å². The lowest BCUT2D eigenvalue weighted by atomic mass is 10.0. The number of hydrogen-bond donors (Lipinski definition) is 1. The van der Waals surface area contributed by atoms with Crippen LogP contribution in [-0.4, -0.2) is 22.0 Å². The minimum Gasteiger partial charge on any atom is -0.352 e. The van der Waals surface area contributed by atoms with Gasteiger partial charge in [-0.3, -0.25) is 14.6 Å². The summed E-state index contributed by atoms with van der Waals surface area (Å²) in [4.78, 5) is 29.5. The number of aryl methyl sites for hydroxylation is 2. The Balaban J connectivity index is 2.06. The zero-order valence-corrected chi connectivity index (χ0v) is 16.3. The molecule has 5 heteroatoms. The van der Waals surface area contributed by atoms with Crippen LogP contribution in [-0.2, 0) is 19.4 Å². The number of nitrogens with zero attached hydrogens (tertiary/aromatic N) is 2. The number of carbonyl (C=O) groups excluding carboxylic acids is 1. The zero-order chi connectivity index (χ0) is 19.9. The summed E-state index contributed by atoms with van der Waals surface area (Å²) in [6, 6.07) is 15.6. The molecule has 0 aliphatic heterocycles. The van der Waals surface area contributed by atoms with E-state index in [9.17, 15) is 9.59 Å². The molecule has 0 aliphatic rings. The van der Waals surface area contributed by atoms with Gasteiger partial charge in [0.25, 0.3) is 5.91 Å². The van der Waals surface area contributed by atoms with Crippen molar-refractivity contribution >= 4 is 5.91 Å². The Labute approximate surface area is 165 Å². The molecule has 0 fully saturated rings. The maximum Gasteiger partial charge on any atom is 0.257 e. The van der Waals surface area contributed by atoms with Crippen LogP contribution >= 0.6 is 0 Å². The van der Waals surface area contributed by atoms with Gasteiger partial charge < -0.3 is 9.88 Å². The van der Waals surface area contributed by atoms with E-state index in [0.29, 0.717) is 19.5 Å². The van der Waals surface area contributed by atoms with Crippen molar-refractivity contribution in [2.75, 3.05) is 6.54 Å². The van der Waals surface area contributed by atoms with Crippen LogP contribution < -0.4 is 10.7 Å². The van der Waals surface area contributed by atoms with Gasteiger partial charge in [0.1, 0.15) is 5.56 Å². The van der Waals surface area contributed by atoms with Gasteiger partial charge >= 0.3 is 0 Å². The van der Waals surface area contributed by atoms with Crippen LogP contribution in [0.4, 0.5) is 0 Å². The highest BCUT2D eigenvalue weighted by Gasteiger charge is 2.20. The second-order valence-corrected chi connectivity index (χ2v) is 6.76. The molecule has 0 radical (unpaired) electrons. The third-order valence-electron chi connectivity index (χ3n) is 4.77. The molecule has 144 valence electrons. The maximum absolute atomic E-state index is 12.7. The molecule has 28 heavy (non-hydrogen) atoms. The number of hydrogen-bond acceptors (Lipinski definition) is 3. The molecule has 0 unspecified atom stereocenters. The van der Waals surface area contributed by atoms with Crippen molar-refractivity contribution in [2.45, 2.75) is 33.2 Å². The first-order valence-corrected chi connectivity index (χ1v) is 9.54. The summed E-state index contributed by atoms with van der Waals surface area (Å²) < 4.78 is 2.07. The summed E-state index contributed by atoms with van der Waals surface area (Å²) in [6.45, 7) is 4.83. The molecular weight excluding hydrogens is 350 g/mol. The van der Waals surface area contributed by atoms with Crippen molar-refractivity contribution in [3.05, 3.63) is 99.2 Å². The maximum atomic E-state index is 12.7. The van der Waals surface area contributed by atoms with E-state index in [0.717, 1.165) is 23.4 Å². The van der Waals surface area contributed by atoms with Gasteiger partial charge in [0, 0.05) is 42.9 Å². The van der Waals surface area contributed by atoms with Gasteiger partial charge in [-0.05, 0) is 49.9 Å². The molecule has 2 aromatic heterocycles. The van der Waals surface area contributed by atoms with E-state index in [1.165, 1.54) is 5.56 Å². The van der Waals surface area contributed by atoms with Crippen LogP contribution in [0.3, 0.4) is 0 Å². The Hall–Kier alpha value is -3.21. The van der Waals surface area contributed by atoms with Crippen molar-refractivity contribution in [2.24, 2.45) is 0 Å². The van der Waals surface area contributed by atoms with Crippen LogP contribution in [0.1, 0.15) is 39.8 Å². The number of nitrogens with one attached hydrogen (secondary N) is 1. The van der Waals surface area contributed by atoms with E-state index in [1.807, 2.05) is 44.2 Å². The molecule has 0 bridgehead atoms. The number of aromatic nitrogens is 2. The van der Waals surface area contributed by atoms with Crippen LogP contribution in [0.2, 0.25) is 0 Å². The van der Waals surface area contributed by atoms with Gasteiger partial charge in [0.2, 0.25) is 0 Å². The topological polar surface area (TPSA) is 64.0 Å². The number of pyridine rings is 2. The molecule has 1 amide bonds. The van der Waals surface area contributed by atoms with Crippen molar-refractivity contribution in [1.82, 2.24) is 14.9 Å². The highest BCUT2D eigenvalue weighted by atomic mass is 16.2. The highest BCUT2D eigenvalue weighted by molar-refractivity contribution is 5.95. The Kier molecular flexibility index (Phi) is 6.37. The predicted octanol–water partition coefficient (Wildman–Crippen LogP) is 3.13. The fourth-order valence-corrected chi connectivity index (χ4v) is 3.38. The van der Waals surface area contributed by atoms with Gasteiger partial charge in [-0.15, -0.1) is 0 Å². The Morgan fingerprint density at radius 1 is 1.04 bits per heavy atom. The molecule has 1 aromatic carbocycles. The molecule has 1 N–H and O–H groups in total. The van der Waals surface area contributed by atoms with Crippen molar-refractivity contribution in [3.8, 4) is 0 Å². The molecular formula is C23H25N3O2. The molecule has 2 heterocycles. The van der Waals surface area contributed by atoms with E-state index >= 15 is 0 Å². The third-order valence-corrected chi connectivity index (χ3v) is 4.77. The smallest absolute Gasteiger partial charge is 0.257 e. The normalized spacial score (nSPS) is 10.6. The molecule has 0 atom stereocenters. The highest BCUT2D eigenvalue weighted by Crippen LogP contribution is 2.15. The predicted molar refractivity (Wildman–Crippen MR) is 111 cm³/mol. The Morgan fingerprint density at radius 2 is 1.75 bits per heavy atom. The third kappa shape index (κ3) is 4.55. The fourth-order valence-electron chi connectivity index (χ4n) is 3.38. The molecule has 5 nitrogen and oxygen atoms in total. The average Bonchev–Trinajstić information content (AvgIpc) is 2.70. The lowest BCUT2D eigenvalue weighted by Gasteiger charge is -2.20. The summed E-state index contributed by atoms with van der Waals surface area (Å²) in [5, 5.41) is 2.79. The SMILES string of the molecule is CCNC(=O)c1c(CCc2ccccc2)n(Cc2ccncc2)c(C)cc1=O. The van der Waals surface area contributed by atoms with Crippen LogP contribution in [0, 0.1) is 6.92 Å². The standard InChI is InChI=1S/C23H25N3O2/c1-3-25-23(28)22-20(10-9-18-7-5-4-6-8-18)26(17(2)15-21(22)27)16-19-11-13-24-14-12-19/h4-8,11-15H,3,9-10,16H2,1-2H3,(H,25,28). The quantitative estimate of drug-likeness (QED) is 0.690. The van der Waals surface area contributed by atoms with Crippen LogP contribution in [0.5, 0.6) is 0 Å². The monoisotopic (exact) mass is 375 g/mol. The average molecular weight is 375 g/mol. The number of benzene rings is 1. The van der Waals surface area contributed by atoms with Crippen LogP contribution in [0.25, 0.3) is 0 Å². The Bertz CT molecular complexity index is 996. The van der Waals surface area contributed by atoms with E-state index in [1.54, 1.807) is 18.5 Å². The van der Waals surface area contributed by atoms with Gasteiger partial charge in [-0.25, -0.2) is 0 Å². The first-order chi connectivity index (χ1) is 13.6. The largest absolute Gasteiger partial charge is 0.352 e. The summed E-state index contributed by atoms with van der Waals surface area (Å²) in [6.07, 6.45) is 4.87. The molecule has 0 aliphatic carbocycles. The van der Waals surface area contributed by atoms with E-state index < -0.39 is 0 Å². The van der Waals surface area contributed by atoms with Gasteiger partial charge in [-0.1, -0.05) is 30.3 Å². The van der Waals surface area contributed by atoms with E-state index in [2.05, 4.69) is 27.0 Å². The summed E-state index contributed by atoms with van der Waals surface area (Å²) in [5.41, 5.74) is 3.89. The minimum absolute atomic E-state index is 0.225. The lowest BCUT2D eigenvalue weighted by Crippen LogP contribution is -2.33. The minimum atomic E-state index is -0.306. The number of carbonyl (C=O) groups is 1. The van der Waals surface area contributed by atoms with Crippen molar-refractivity contribution < 1.29 is 4.79 Å². The Morgan fingerprint density at radius 3 is 2.43 bits per heavy atom. The van der Waals surface area contributed by atoms with Crippen molar-refractivity contribution in [1.29, 1.82) is 0 Å². The molecule has 0 spiro atoms. The van der Waals surface area contributed by atoms with E-state index in [-0.39, 0.29) is 16.9 Å². The second-order valence-electron chi connectivity index (χ2n) is 6.76. The molecule has 3 rings (SSSR count). The first-order valence-electron chi connectivity index (χ1n) is 9.54. The number of rotatable bonds is 7. The first kappa shape index (κ1) is 19.5. The van der Waals surface area contributed by atoms with Crippen molar-refractivity contribution in [3.63, 3.8) is 0 Å². The summed E-state index contributed by atoms with van der Waals surface area (Å²) in [5.74, 6) is -0.306. The van der Waals surface area contributed by atoms with Gasteiger partial charge in [0.05, 0.1) is 0 Å². The second kappa shape index (κ2) is 9.13. The zero-order valence-electron chi connectivity index (χ0n) is 16.3. The number of amides is 1. The molecule has 3 aromatic rings. The summed E-state index contributed by atoms with van der Waals surface area (Å²) >= 11 is 0. The molecule has 0 saturated carbocycles. The van der Waals surface area contributed by atoms with Gasteiger partial charge in [0.15, 0.2) is 5.43 Å². The summed E-state index contributed by atoms with van der Waals surface area (Å²) in [7, 11) is 0.